The van der Waals surface area contributed by atoms with Gasteiger partial charge in [-0.05, 0) is 42.3 Å². The number of fused-ring (bicyclic) bond motifs is 1. The molecule has 3 rings (SSSR count). The van der Waals surface area contributed by atoms with Gasteiger partial charge in [-0.15, -0.1) is 0 Å². The Labute approximate surface area is 176 Å². The fraction of sp³-hybridized carbons (Fsp3) is 0.227. The highest BCUT2D eigenvalue weighted by molar-refractivity contribution is 5.90. The predicted molar refractivity (Wildman–Crippen MR) is 111 cm³/mol. The topological polar surface area (TPSA) is 135 Å². The van der Waals surface area contributed by atoms with Crippen molar-refractivity contribution in [1.29, 1.82) is 0 Å². The average molecular weight is 427 g/mol. The summed E-state index contributed by atoms with van der Waals surface area (Å²) in [6.45, 7) is 1.67. The van der Waals surface area contributed by atoms with Crippen LogP contribution in [-0.4, -0.2) is 36.3 Å². The van der Waals surface area contributed by atoms with Crippen molar-refractivity contribution in [3.8, 4) is 17.2 Å². The Bertz CT molecular complexity index is 1200. The van der Waals surface area contributed by atoms with Crippen molar-refractivity contribution in [2.45, 2.75) is 19.4 Å². The van der Waals surface area contributed by atoms with E-state index in [1.165, 1.54) is 38.5 Å². The smallest absolute Gasteiger partial charge is 0.340 e. The first kappa shape index (κ1) is 21.7. The van der Waals surface area contributed by atoms with Crippen LogP contribution in [0.1, 0.15) is 22.7 Å². The monoisotopic (exact) mass is 427 g/mol. The number of phenolic OH excluding ortho intramolecular Hbond substituents is 1. The zero-order valence-electron chi connectivity index (χ0n) is 17.1. The van der Waals surface area contributed by atoms with E-state index in [1.807, 2.05) is 0 Å². The Morgan fingerprint density at radius 3 is 2.35 bits per heavy atom. The van der Waals surface area contributed by atoms with Gasteiger partial charge in [-0.1, -0.05) is 12.1 Å². The van der Waals surface area contributed by atoms with Crippen LogP contribution in [0.4, 0.5) is 0 Å². The van der Waals surface area contributed by atoms with Crippen LogP contribution < -0.4 is 20.4 Å². The molecular weight excluding hydrogens is 406 g/mol. The van der Waals surface area contributed by atoms with E-state index in [0.29, 0.717) is 16.7 Å². The molecule has 9 heteroatoms. The third-order valence-electron chi connectivity index (χ3n) is 4.91. The van der Waals surface area contributed by atoms with E-state index >= 15 is 0 Å². The summed E-state index contributed by atoms with van der Waals surface area (Å²) in [5.74, 6) is -1.33. The molecule has 0 saturated heterocycles. The van der Waals surface area contributed by atoms with Gasteiger partial charge >= 0.3 is 11.6 Å². The molecule has 1 heterocycles. The Balaban J connectivity index is 1.93. The largest absolute Gasteiger partial charge is 0.508 e. The molecule has 1 unspecified atom stereocenters. The Morgan fingerprint density at radius 1 is 1.10 bits per heavy atom. The highest BCUT2D eigenvalue weighted by Crippen LogP contribution is 2.36. The molecule has 9 nitrogen and oxygen atoms in total. The minimum atomic E-state index is -1.34. The van der Waals surface area contributed by atoms with Crippen LogP contribution in [0.2, 0.25) is 0 Å². The molecule has 3 N–H and O–H groups in total. The predicted octanol–water partition coefficient (Wildman–Crippen LogP) is 2.31. The molecular formula is C22H21NO8. The number of methoxy groups -OCH3 is 2. The summed E-state index contributed by atoms with van der Waals surface area (Å²) in [5.41, 5.74) is 0.355. The van der Waals surface area contributed by atoms with Gasteiger partial charge in [-0.25, -0.2) is 9.59 Å². The zero-order chi connectivity index (χ0) is 22.7. The molecule has 0 aliphatic carbocycles. The standard InChI is InChI=1S/C22H21NO8/c1-11-14-8-9-16(29-2)20(30-3)19(14)31-22(28)15(11)10-17(25)23-18(21(26)27)12-4-6-13(24)7-5-12/h4-9,18,24H,10H2,1-3H3,(H,23,25)(H,26,27). The number of rotatable bonds is 7. The van der Waals surface area contributed by atoms with Gasteiger partial charge in [-0.3, -0.25) is 4.79 Å². The Morgan fingerprint density at radius 2 is 1.77 bits per heavy atom. The summed E-state index contributed by atoms with van der Waals surface area (Å²) in [4.78, 5) is 36.8. The summed E-state index contributed by atoms with van der Waals surface area (Å²) in [5, 5.41) is 21.8. The number of aryl methyl sites for hydroxylation is 1. The number of carbonyl (C=O) groups is 2. The molecule has 0 aliphatic rings. The number of carboxylic acid groups (broad SMARTS) is 1. The van der Waals surface area contributed by atoms with E-state index in [9.17, 15) is 24.6 Å². The van der Waals surface area contributed by atoms with E-state index in [1.54, 1.807) is 19.1 Å². The summed E-state index contributed by atoms with van der Waals surface area (Å²) in [6.07, 6.45) is -0.375. The molecule has 0 aliphatic heterocycles. The third-order valence-corrected chi connectivity index (χ3v) is 4.91. The van der Waals surface area contributed by atoms with Crippen LogP contribution >= 0.6 is 0 Å². The number of amides is 1. The normalized spacial score (nSPS) is 11.7. The molecule has 0 spiro atoms. The maximum absolute atomic E-state index is 12.6. The lowest BCUT2D eigenvalue weighted by Crippen LogP contribution is -2.35. The fourth-order valence-corrected chi connectivity index (χ4v) is 3.30. The first-order valence-electron chi connectivity index (χ1n) is 9.25. The van der Waals surface area contributed by atoms with Gasteiger partial charge in [0, 0.05) is 5.39 Å². The number of benzene rings is 2. The van der Waals surface area contributed by atoms with Crippen molar-refractivity contribution in [2.75, 3.05) is 14.2 Å². The third kappa shape index (κ3) is 4.30. The summed E-state index contributed by atoms with van der Waals surface area (Å²) in [6, 6.07) is 7.43. The SMILES string of the molecule is COc1ccc2c(C)c(CC(=O)NC(C(=O)O)c3ccc(O)cc3)c(=O)oc2c1OC. The molecule has 162 valence electrons. The molecule has 0 fully saturated rings. The van der Waals surface area contributed by atoms with Crippen molar-refractivity contribution in [3.63, 3.8) is 0 Å². The molecule has 0 bridgehead atoms. The zero-order valence-corrected chi connectivity index (χ0v) is 17.1. The van der Waals surface area contributed by atoms with Gasteiger partial charge in [0.2, 0.25) is 11.7 Å². The van der Waals surface area contributed by atoms with Crippen LogP contribution in [-0.2, 0) is 16.0 Å². The molecule has 0 radical (unpaired) electrons. The van der Waals surface area contributed by atoms with E-state index in [-0.39, 0.29) is 34.6 Å². The second kappa shape index (κ2) is 8.78. The van der Waals surface area contributed by atoms with Crippen LogP contribution in [0.15, 0.2) is 45.6 Å². The average Bonchev–Trinajstić information content (AvgIpc) is 2.74. The summed E-state index contributed by atoms with van der Waals surface area (Å²) >= 11 is 0. The maximum Gasteiger partial charge on any atom is 0.340 e. The summed E-state index contributed by atoms with van der Waals surface area (Å²) < 4.78 is 15.9. The Hall–Kier alpha value is -4.01. The molecule has 31 heavy (non-hydrogen) atoms. The number of carboxylic acids is 1. The van der Waals surface area contributed by atoms with Gasteiger partial charge in [0.25, 0.3) is 0 Å². The number of ether oxygens (including phenoxy) is 2. The highest BCUT2D eigenvalue weighted by Gasteiger charge is 2.24. The number of phenols is 1. The number of carbonyl (C=O) groups excluding carboxylic acids is 1. The Kier molecular flexibility index (Phi) is 6.15. The van der Waals surface area contributed by atoms with Gasteiger partial charge in [-0.2, -0.15) is 0 Å². The lowest BCUT2D eigenvalue weighted by Gasteiger charge is -2.16. The summed E-state index contributed by atoms with van der Waals surface area (Å²) in [7, 11) is 2.88. The molecule has 0 saturated carbocycles. The van der Waals surface area contributed by atoms with Crippen molar-refractivity contribution in [2.24, 2.45) is 0 Å². The molecule has 2 aromatic carbocycles. The quantitative estimate of drug-likeness (QED) is 0.489. The lowest BCUT2D eigenvalue weighted by molar-refractivity contribution is -0.142. The van der Waals surface area contributed by atoms with E-state index in [0.717, 1.165) is 0 Å². The van der Waals surface area contributed by atoms with Gasteiger partial charge < -0.3 is 29.4 Å². The number of aromatic hydroxyl groups is 1. The molecule has 1 amide bonds. The second-order valence-corrected chi connectivity index (χ2v) is 6.78. The lowest BCUT2D eigenvalue weighted by atomic mass is 10.0. The van der Waals surface area contributed by atoms with Crippen LogP contribution in [0.25, 0.3) is 11.0 Å². The van der Waals surface area contributed by atoms with Gasteiger partial charge in [0.1, 0.15) is 5.75 Å². The molecule has 3 aromatic rings. The van der Waals surface area contributed by atoms with Crippen molar-refractivity contribution >= 4 is 22.8 Å². The van der Waals surface area contributed by atoms with Crippen molar-refractivity contribution in [1.82, 2.24) is 5.32 Å². The molecule has 1 aromatic heterocycles. The minimum Gasteiger partial charge on any atom is -0.508 e. The van der Waals surface area contributed by atoms with Crippen LogP contribution in [0, 0.1) is 6.92 Å². The van der Waals surface area contributed by atoms with Gasteiger partial charge in [0.15, 0.2) is 17.4 Å². The van der Waals surface area contributed by atoms with E-state index < -0.39 is 23.5 Å². The number of aliphatic carboxylic acids is 1. The van der Waals surface area contributed by atoms with Crippen molar-refractivity contribution < 1.29 is 33.7 Å². The van der Waals surface area contributed by atoms with E-state index in [2.05, 4.69) is 5.32 Å². The minimum absolute atomic E-state index is 0.0318. The molecule has 1 atom stereocenters. The number of hydrogen-bond acceptors (Lipinski definition) is 7. The fourth-order valence-electron chi connectivity index (χ4n) is 3.30. The maximum atomic E-state index is 12.6. The number of hydrogen-bond donors (Lipinski definition) is 3. The van der Waals surface area contributed by atoms with Crippen LogP contribution in [0.3, 0.4) is 0 Å². The second-order valence-electron chi connectivity index (χ2n) is 6.78. The van der Waals surface area contributed by atoms with Crippen LogP contribution in [0.5, 0.6) is 17.2 Å². The first-order valence-corrected chi connectivity index (χ1v) is 9.25. The van der Waals surface area contributed by atoms with Gasteiger partial charge in [0.05, 0.1) is 26.2 Å². The van der Waals surface area contributed by atoms with E-state index in [4.69, 9.17) is 13.9 Å². The first-order chi connectivity index (χ1) is 14.8. The highest BCUT2D eigenvalue weighted by atomic mass is 16.5. The number of nitrogens with one attached hydrogen (secondary N) is 1. The van der Waals surface area contributed by atoms with Crippen molar-refractivity contribution in [3.05, 3.63) is 63.5 Å².